The number of carbonyl (C=O) groups is 2. The molecule has 1 aliphatic rings. The monoisotopic (exact) mass is 397 g/mol. The van der Waals surface area contributed by atoms with Gasteiger partial charge < -0.3 is 19.7 Å². The predicted molar refractivity (Wildman–Crippen MR) is 112 cm³/mol. The third-order valence-corrected chi connectivity index (χ3v) is 5.08. The van der Waals surface area contributed by atoms with E-state index in [2.05, 4.69) is 22.2 Å². The average Bonchev–Trinajstić information content (AvgIpc) is 2.75. The van der Waals surface area contributed by atoms with E-state index >= 15 is 0 Å². The second-order valence-electron chi connectivity index (χ2n) is 7.07. The van der Waals surface area contributed by atoms with Gasteiger partial charge in [-0.1, -0.05) is 6.07 Å². The summed E-state index contributed by atoms with van der Waals surface area (Å²) in [6, 6.07) is 12.1. The van der Waals surface area contributed by atoms with Gasteiger partial charge in [0.25, 0.3) is 5.91 Å². The molecule has 1 fully saturated rings. The number of benzene rings is 2. The normalized spacial score (nSPS) is 15.0. The first-order chi connectivity index (χ1) is 14.0. The van der Waals surface area contributed by atoms with Crippen molar-refractivity contribution in [2.45, 2.75) is 0 Å². The highest BCUT2D eigenvalue weighted by molar-refractivity contribution is 6.08. The van der Waals surface area contributed by atoms with Crippen LogP contribution in [0.25, 0.3) is 0 Å². The molecule has 0 radical (unpaired) electrons. The highest BCUT2D eigenvalue weighted by Gasteiger charge is 2.19. The number of methoxy groups -OCH3 is 2. The molecule has 29 heavy (non-hydrogen) atoms. The number of hydrogen-bond acceptors (Lipinski definition) is 6. The number of likely N-dealkylation sites (N-methyl/N-ethyl adjacent to an activating group) is 1. The molecule has 0 atom stereocenters. The highest BCUT2D eigenvalue weighted by Crippen LogP contribution is 2.29. The molecule has 1 amide bonds. The van der Waals surface area contributed by atoms with Crippen LogP contribution in [0.1, 0.15) is 20.7 Å². The lowest BCUT2D eigenvalue weighted by Crippen LogP contribution is -2.46. The van der Waals surface area contributed by atoms with Crippen molar-refractivity contribution in [2.75, 3.05) is 59.3 Å². The van der Waals surface area contributed by atoms with Gasteiger partial charge in [0.05, 0.1) is 20.8 Å². The highest BCUT2D eigenvalue weighted by atomic mass is 16.5. The Balaban J connectivity index is 1.65. The van der Waals surface area contributed by atoms with Crippen molar-refractivity contribution in [1.82, 2.24) is 9.80 Å². The predicted octanol–water partition coefficient (Wildman–Crippen LogP) is 2.39. The van der Waals surface area contributed by atoms with Crippen molar-refractivity contribution in [2.24, 2.45) is 0 Å². The maximum atomic E-state index is 12.7. The van der Waals surface area contributed by atoms with Gasteiger partial charge in [-0.25, -0.2) is 0 Å². The van der Waals surface area contributed by atoms with Gasteiger partial charge in [0.2, 0.25) is 0 Å². The van der Waals surface area contributed by atoms with Gasteiger partial charge in [0, 0.05) is 37.4 Å². The van der Waals surface area contributed by atoms with Crippen LogP contribution in [0.3, 0.4) is 0 Å². The lowest BCUT2D eigenvalue weighted by Gasteiger charge is -2.31. The van der Waals surface area contributed by atoms with Crippen molar-refractivity contribution < 1.29 is 19.1 Å². The molecule has 2 aromatic carbocycles. The molecular formula is C22H27N3O4. The van der Waals surface area contributed by atoms with Crippen molar-refractivity contribution in [3.63, 3.8) is 0 Å². The number of nitrogens with one attached hydrogen (secondary N) is 1. The quantitative estimate of drug-likeness (QED) is 0.724. The number of amides is 1. The van der Waals surface area contributed by atoms with Crippen LogP contribution in [0, 0.1) is 0 Å². The summed E-state index contributed by atoms with van der Waals surface area (Å²) < 4.78 is 10.6. The summed E-state index contributed by atoms with van der Waals surface area (Å²) in [6.45, 7) is 4.17. The molecule has 7 heteroatoms. The van der Waals surface area contributed by atoms with Gasteiger partial charge in [-0.3, -0.25) is 14.5 Å². The maximum absolute atomic E-state index is 12.7. The van der Waals surface area contributed by atoms with Crippen LogP contribution in [0.2, 0.25) is 0 Å². The Labute approximate surface area is 171 Å². The second kappa shape index (κ2) is 9.54. The van der Waals surface area contributed by atoms with Crippen LogP contribution >= 0.6 is 0 Å². The Morgan fingerprint density at radius 2 is 1.52 bits per heavy atom. The van der Waals surface area contributed by atoms with Crippen molar-refractivity contribution in [1.29, 1.82) is 0 Å². The SMILES string of the molecule is COc1cccc(OC)c1C(=O)Nc1ccc(C(=O)CN2CCN(C)CC2)cc1. The van der Waals surface area contributed by atoms with Gasteiger partial charge in [0.1, 0.15) is 17.1 Å². The third-order valence-electron chi connectivity index (χ3n) is 5.08. The fourth-order valence-electron chi connectivity index (χ4n) is 3.31. The maximum Gasteiger partial charge on any atom is 0.263 e. The topological polar surface area (TPSA) is 71.1 Å². The van der Waals surface area contributed by atoms with E-state index in [1.165, 1.54) is 14.2 Å². The largest absolute Gasteiger partial charge is 0.496 e. The first-order valence-corrected chi connectivity index (χ1v) is 9.58. The number of hydrogen-bond donors (Lipinski definition) is 1. The van der Waals surface area contributed by atoms with Crippen LogP contribution in [0.5, 0.6) is 11.5 Å². The van der Waals surface area contributed by atoms with Gasteiger partial charge >= 0.3 is 0 Å². The van der Waals surface area contributed by atoms with E-state index in [0.29, 0.717) is 34.9 Å². The molecule has 2 aromatic rings. The molecule has 0 spiro atoms. The van der Waals surface area contributed by atoms with Crippen LogP contribution in [-0.2, 0) is 0 Å². The number of nitrogens with zero attached hydrogens (tertiary/aromatic N) is 2. The van der Waals surface area contributed by atoms with Gasteiger partial charge in [-0.05, 0) is 43.4 Å². The molecule has 1 saturated heterocycles. The Hall–Kier alpha value is -2.90. The molecule has 1 aliphatic heterocycles. The van der Waals surface area contributed by atoms with Crippen molar-refractivity contribution >= 4 is 17.4 Å². The number of Topliss-reactive ketones (excluding diaryl/α,β-unsaturated/α-hetero) is 1. The van der Waals surface area contributed by atoms with Crippen molar-refractivity contribution in [3.8, 4) is 11.5 Å². The summed E-state index contributed by atoms with van der Waals surface area (Å²) in [6.07, 6.45) is 0. The lowest BCUT2D eigenvalue weighted by atomic mass is 10.1. The van der Waals surface area contributed by atoms with E-state index < -0.39 is 0 Å². The third kappa shape index (κ3) is 5.13. The summed E-state index contributed by atoms with van der Waals surface area (Å²) in [7, 11) is 5.10. The fraction of sp³-hybridized carbons (Fsp3) is 0.364. The minimum Gasteiger partial charge on any atom is -0.496 e. The Morgan fingerprint density at radius 3 is 2.07 bits per heavy atom. The van der Waals surface area contributed by atoms with E-state index in [1.807, 2.05) is 0 Å². The molecule has 0 bridgehead atoms. The van der Waals surface area contributed by atoms with Crippen LogP contribution in [0.15, 0.2) is 42.5 Å². The Bertz CT molecular complexity index is 837. The summed E-state index contributed by atoms with van der Waals surface area (Å²) in [5.74, 6) is 0.608. The van der Waals surface area contributed by atoms with E-state index in [-0.39, 0.29) is 11.7 Å². The summed E-state index contributed by atoms with van der Waals surface area (Å²) in [5.41, 5.74) is 1.56. The number of ether oxygens (including phenoxy) is 2. The minimum atomic E-state index is -0.337. The molecular weight excluding hydrogens is 370 g/mol. The van der Waals surface area contributed by atoms with Gasteiger partial charge in [-0.2, -0.15) is 0 Å². The van der Waals surface area contributed by atoms with Crippen LogP contribution < -0.4 is 14.8 Å². The molecule has 3 rings (SSSR count). The molecule has 0 aromatic heterocycles. The standard InChI is InChI=1S/C22H27N3O4/c1-24-11-13-25(14-12-24)15-18(26)16-7-9-17(10-8-16)23-22(27)21-19(28-2)5-4-6-20(21)29-3/h4-10H,11-15H2,1-3H3,(H,23,27). The summed E-state index contributed by atoms with van der Waals surface area (Å²) in [5, 5.41) is 2.83. The van der Waals surface area contributed by atoms with E-state index in [1.54, 1.807) is 42.5 Å². The van der Waals surface area contributed by atoms with Gasteiger partial charge in [-0.15, -0.1) is 0 Å². The molecule has 0 unspecified atom stereocenters. The zero-order valence-corrected chi connectivity index (χ0v) is 17.1. The van der Waals surface area contributed by atoms with E-state index in [0.717, 1.165) is 26.2 Å². The first-order valence-electron chi connectivity index (χ1n) is 9.58. The first kappa shape index (κ1) is 20.8. The van der Waals surface area contributed by atoms with E-state index in [4.69, 9.17) is 9.47 Å². The average molecular weight is 397 g/mol. The molecule has 7 nitrogen and oxygen atoms in total. The number of ketones is 1. The number of piperazine rings is 1. The molecule has 0 saturated carbocycles. The zero-order valence-electron chi connectivity index (χ0n) is 17.1. The fourth-order valence-corrected chi connectivity index (χ4v) is 3.31. The lowest BCUT2D eigenvalue weighted by molar-refractivity contribution is 0.0876. The summed E-state index contributed by atoms with van der Waals surface area (Å²) >= 11 is 0. The smallest absolute Gasteiger partial charge is 0.263 e. The van der Waals surface area contributed by atoms with Crippen LogP contribution in [0.4, 0.5) is 5.69 Å². The number of rotatable bonds is 7. The zero-order chi connectivity index (χ0) is 20.8. The Morgan fingerprint density at radius 1 is 0.931 bits per heavy atom. The van der Waals surface area contributed by atoms with Gasteiger partial charge in [0.15, 0.2) is 5.78 Å². The molecule has 154 valence electrons. The minimum absolute atomic E-state index is 0.0822. The number of anilines is 1. The molecule has 0 aliphatic carbocycles. The second-order valence-corrected chi connectivity index (χ2v) is 7.07. The number of carbonyl (C=O) groups excluding carboxylic acids is 2. The summed E-state index contributed by atoms with van der Waals surface area (Å²) in [4.78, 5) is 29.7. The van der Waals surface area contributed by atoms with E-state index in [9.17, 15) is 9.59 Å². The molecule has 1 N–H and O–H groups in total. The molecule has 1 heterocycles. The van der Waals surface area contributed by atoms with Crippen molar-refractivity contribution in [3.05, 3.63) is 53.6 Å². The Kier molecular flexibility index (Phi) is 6.85. The van der Waals surface area contributed by atoms with Crippen LogP contribution in [-0.4, -0.2) is 75.5 Å².